The molecule has 4 aromatic heterocycles. The van der Waals surface area contributed by atoms with E-state index in [0.717, 1.165) is 16.3 Å². The van der Waals surface area contributed by atoms with Crippen molar-refractivity contribution < 1.29 is 18.6 Å². The summed E-state index contributed by atoms with van der Waals surface area (Å²) in [6.45, 7) is 0.887. The van der Waals surface area contributed by atoms with Crippen molar-refractivity contribution in [2.75, 3.05) is 25.1 Å². The number of aliphatic hydroxyl groups is 1. The maximum atomic E-state index is 14.7. The molecule has 35 heavy (non-hydrogen) atoms. The average molecular weight is 496 g/mol. The molecule has 5 aromatic rings. The van der Waals surface area contributed by atoms with E-state index in [1.165, 1.54) is 23.6 Å². The highest BCUT2D eigenvalue weighted by atomic mass is 32.1. The van der Waals surface area contributed by atoms with Crippen molar-refractivity contribution in [3.8, 4) is 27.4 Å². The lowest BCUT2D eigenvalue weighted by molar-refractivity contribution is 0.201. The third kappa shape index (κ3) is 4.93. The van der Waals surface area contributed by atoms with Crippen LogP contribution in [0.3, 0.4) is 0 Å². The van der Waals surface area contributed by atoms with Gasteiger partial charge in [-0.2, -0.15) is 4.39 Å². The van der Waals surface area contributed by atoms with Crippen LogP contribution < -0.4 is 10.1 Å². The van der Waals surface area contributed by atoms with Crippen molar-refractivity contribution in [2.45, 2.75) is 6.54 Å². The van der Waals surface area contributed by atoms with Crippen LogP contribution in [0.25, 0.3) is 31.8 Å². The van der Waals surface area contributed by atoms with Gasteiger partial charge in [0.15, 0.2) is 5.82 Å². The Morgan fingerprint density at radius 1 is 1.11 bits per heavy atom. The summed E-state index contributed by atoms with van der Waals surface area (Å²) in [5, 5.41) is 20.7. The predicted octanol–water partition coefficient (Wildman–Crippen LogP) is 3.77. The quantitative estimate of drug-likeness (QED) is 0.297. The maximum absolute atomic E-state index is 14.7. The smallest absolute Gasteiger partial charge is 0.223 e. The minimum atomic E-state index is -0.659. The molecule has 0 saturated carbocycles. The third-order valence-corrected chi connectivity index (χ3v) is 6.28. The van der Waals surface area contributed by atoms with E-state index in [2.05, 4.69) is 30.6 Å². The zero-order valence-electron chi connectivity index (χ0n) is 18.2. The molecule has 4 heterocycles. The SMILES string of the molecule is OCCOc1cnc(F)cc1-c1cccc2cc(-c3nc(NCCn4ccnn4)ncc3F)sc12. The molecule has 0 spiro atoms. The van der Waals surface area contributed by atoms with Crippen LogP contribution >= 0.6 is 11.3 Å². The number of fused-ring (bicyclic) bond motifs is 1. The Labute approximate surface area is 202 Å². The van der Waals surface area contributed by atoms with Gasteiger partial charge in [0.1, 0.15) is 18.1 Å². The number of aromatic nitrogens is 6. The van der Waals surface area contributed by atoms with Crippen molar-refractivity contribution in [2.24, 2.45) is 0 Å². The largest absolute Gasteiger partial charge is 0.489 e. The summed E-state index contributed by atoms with van der Waals surface area (Å²) < 4.78 is 36.8. The van der Waals surface area contributed by atoms with E-state index in [9.17, 15) is 8.78 Å². The first-order valence-corrected chi connectivity index (χ1v) is 11.5. The zero-order chi connectivity index (χ0) is 24.2. The Morgan fingerprint density at radius 3 is 2.86 bits per heavy atom. The zero-order valence-corrected chi connectivity index (χ0v) is 19.0. The van der Waals surface area contributed by atoms with E-state index in [0.29, 0.717) is 34.8 Å². The van der Waals surface area contributed by atoms with Crippen molar-refractivity contribution in [3.63, 3.8) is 0 Å². The number of halogens is 2. The molecule has 0 aliphatic rings. The number of nitrogens with one attached hydrogen (secondary N) is 1. The van der Waals surface area contributed by atoms with Crippen LogP contribution in [0, 0.1) is 11.8 Å². The van der Waals surface area contributed by atoms with Crippen LogP contribution in [-0.2, 0) is 6.54 Å². The fourth-order valence-electron chi connectivity index (χ4n) is 3.55. The van der Waals surface area contributed by atoms with E-state index in [-0.39, 0.29) is 24.9 Å². The topological polar surface area (TPSA) is 111 Å². The third-order valence-electron chi connectivity index (χ3n) is 5.09. The molecule has 178 valence electrons. The van der Waals surface area contributed by atoms with Gasteiger partial charge in [0.05, 0.1) is 36.6 Å². The summed E-state index contributed by atoms with van der Waals surface area (Å²) in [5.41, 5.74) is 1.35. The normalized spacial score (nSPS) is 11.2. The van der Waals surface area contributed by atoms with E-state index < -0.39 is 11.8 Å². The van der Waals surface area contributed by atoms with Gasteiger partial charge in [-0.05, 0) is 11.5 Å². The fraction of sp³-hybridized carbons (Fsp3) is 0.174. The maximum Gasteiger partial charge on any atom is 0.223 e. The molecule has 2 N–H and O–H groups in total. The minimum absolute atomic E-state index is 0.0464. The van der Waals surface area contributed by atoms with Gasteiger partial charge in [-0.15, -0.1) is 16.4 Å². The van der Waals surface area contributed by atoms with Crippen molar-refractivity contribution in [3.05, 3.63) is 66.9 Å². The summed E-state index contributed by atoms with van der Waals surface area (Å²) >= 11 is 1.33. The van der Waals surface area contributed by atoms with Crippen LogP contribution in [0.1, 0.15) is 0 Å². The Kier molecular flexibility index (Phi) is 6.55. The molecular formula is C23H19F2N7O2S. The number of rotatable bonds is 9. The fourth-order valence-corrected chi connectivity index (χ4v) is 4.73. The summed E-state index contributed by atoms with van der Waals surface area (Å²) in [5.74, 6) is -0.583. The molecule has 0 unspecified atom stereocenters. The molecule has 5 rings (SSSR count). The van der Waals surface area contributed by atoms with Crippen molar-refractivity contribution in [1.82, 2.24) is 29.9 Å². The first-order valence-electron chi connectivity index (χ1n) is 10.7. The van der Waals surface area contributed by atoms with Gasteiger partial charge in [0.25, 0.3) is 0 Å². The molecule has 0 bridgehead atoms. The second-order valence-electron chi connectivity index (χ2n) is 7.39. The molecular weight excluding hydrogens is 476 g/mol. The number of thiophene rings is 1. The number of ether oxygens (including phenoxy) is 1. The Bertz CT molecular complexity index is 1460. The van der Waals surface area contributed by atoms with E-state index >= 15 is 0 Å². The Hall–Kier alpha value is -4.03. The van der Waals surface area contributed by atoms with Crippen molar-refractivity contribution in [1.29, 1.82) is 0 Å². The van der Waals surface area contributed by atoms with Gasteiger partial charge >= 0.3 is 0 Å². The highest BCUT2D eigenvalue weighted by Gasteiger charge is 2.17. The average Bonchev–Trinajstić information content (AvgIpc) is 3.54. The van der Waals surface area contributed by atoms with Gasteiger partial charge in [0.2, 0.25) is 11.9 Å². The van der Waals surface area contributed by atoms with Gasteiger partial charge in [0, 0.05) is 34.6 Å². The lowest BCUT2D eigenvalue weighted by Crippen LogP contribution is -2.13. The van der Waals surface area contributed by atoms with Crippen LogP contribution in [0.2, 0.25) is 0 Å². The molecule has 0 atom stereocenters. The van der Waals surface area contributed by atoms with E-state index in [1.54, 1.807) is 17.1 Å². The summed E-state index contributed by atoms with van der Waals surface area (Å²) in [7, 11) is 0. The van der Waals surface area contributed by atoms with E-state index in [4.69, 9.17) is 9.84 Å². The number of pyridine rings is 1. The first-order chi connectivity index (χ1) is 17.1. The second kappa shape index (κ2) is 10.1. The number of aliphatic hydroxyl groups excluding tert-OH is 1. The minimum Gasteiger partial charge on any atom is -0.489 e. The molecule has 0 amide bonds. The van der Waals surface area contributed by atoms with Crippen LogP contribution in [0.4, 0.5) is 14.7 Å². The highest BCUT2D eigenvalue weighted by Crippen LogP contribution is 2.42. The standard InChI is InChI=1S/C23H19F2N7O2S/c24-17-12-28-23(26-4-6-32-7-5-29-31-32)30-21(17)19-10-14-2-1-3-15(22(14)35-19)16-11-20(25)27-13-18(16)34-9-8-33/h1-3,5,7,10-13,33H,4,6,8-9H2,(H,26,28,30). The molecule has 1 aromatic carbocycles. The number of benzene rings is 1. The predicted molar refractivity (Wildman–Crippen MR) is 127 cm³/mol. The number of anilines is 1. The van der Waals surface area contributed by atoms with E-state index in [1.807, 2.05) is 24.3 Å². The molecule has 12 heteroatoms. The lowest BCUT2D eigenvalue weighted by atomic mass is 10.0. The summed E-state index contributed by atoms with van der Waals surface area (Å²) in [6.07, 6.45) is 5.74. The molecule has 0 aliphatic carbocycles. The monoisotopic (exact) mass is 495 g/mol. The van der Waals surface area contributed by atoms with Gasteiger partial charge < -0.3 is 15.2 Å². The Morgan fingerprint density at radius 2 is 2.03 bits per heavy atom. The first kappa shape index (κ1) is 22.7. The second-order valence-corrected chi connectivity index (χ2v) is 8.45. The van der Waals surface area contributed by atoms with Gasteiger partial charge in [-0.25, -0.2) is 19.3 Å². The Balaban J connectivity index is 1.48. The number of nitrogens with zero attached hydrogens (tertiary/aromatic N) is 6. The molecule has 0 radical (unpaired) electrons. The lowest BCUT2D eigenvalue weighted by Gasteiger charge is -2.11. The van der Waals surface area contributed by atoms with Gasteiger partial charge in [-0.3, -0.25) is 4.68 Å². The molecule has 0 aliphatic heterocycles. The number of hydrogen-bond acceptors (Lipinski definition) is 9. The molecule has 0 saturated heterocycles. The van der Waals surface area contributed by atoms with Gasteiger partial charge in [-0.1, -0.05) is 23.4 Å². The molecule has 9 nitrogen and oxygen atoms in total. The number of hydrogen-bond donors (Lipinski definition) is 2. The van der Waals surface area contributed by atoms with Crippen molar-refractivity contribution >= 4 is 27.4 Å². The summed E-state index contributed by atoms with van der Waals surface area (Å²) in [4.78, 5) is 12.7. The van der Waals surface area contributed by atoms with Crippen LogP contribution in [0.5, 0.6) is 5.75 Å². The summed E-state index contributed by atoms with van der Waals surface area (Å²) in [6, 6.07) is 8.66. The highest BCUT2D eigenvalue weighted by molar-refractivity contribution is 7.22. The van der Waals surface area contributed by atoms with Crippen LogP contribution in [-0.4, -0.2) is 54.8 Å². The van der Waals surface area contributed by atoms with Crippen LogP contribution in [0.15, 0.2) is 55.1 Å². The molecule has 0 fully saturated rings.